The molecule has 1 aromatic rings. The van der Waals surface area contributed by atoms with E-state index in [1.54, 1.807) is 14.0 Å². The number of aliphatic carboxylic acids is 1. The highest BCUT2D eigenvalue weighted by Crippen LogP contribution is 2.22. The number of carboxylic acid groups (broad SMARTS) is 1. The van der Waals surface area contributed by atoms with E-state index in [1.165, 1.54) is 11.1 Å². The Hall–Kier alpha value is -1.55. The quantitative estimate of drug-likeness (QED) is 0.813. The van der Waals surface area contributed by atoms with Crippen LogP contribution in [0.15, 0.2) is 12.1 Å². The summed E-state index contributed by atoms with van der Waals surface area (Å²) in [7, 11) is 1.65. The summed E-state index contributed by atoms with van der Waals surface area (Å²) in [6, 6.07) is 4.08. The largest absolute Gasteiger partial charge is 0.496 e. The van der Waals surface area contributed by atoms with Gasteiger partial charge >= 0.3 is 5.97 Å². The molecule has 1 rings (SSSR count). The van der Waals surface area contributed by atoms with Crippen LogP contribution in [0.4, 0.5) is 0 Å². The van der Waals surface area contributed by atoms with Crippen LogP contribution in [0.1, 0.15) is 23.6 Å². The van der Waals surface area contributed by atoms with Crippen LogP contribution < -0.4 is 10.1 Å². The first-order chi connectivity index (χ1) is 8.45. The molecule has 0 heterocycles. The number of nitrogens with one attached hydrogen (secondary N) is 1. The Balaban J connectivity index is 2.67. The second-order valence-electron chi connectivity index (χ2n) is 4.62. The highest BCUT2D eigenvalue weighted by atomic mass is 16.5. The second kappa shape index (κ2) is 6.40. The second-order valence-corrected chi connectivity index (χ2v) is 4.62. The van der Waals surface area contributed by atoms with Gasteiger partial charge in [0.25, 0.3) is 0 Å². The molecular weight excluding hydrogens is 230 g/mol. The zero-order valence-electron chi connectivity index (χ0n) is 11.4. The van der Waals surface area contributed by atoms with Crippen LogP contribution in [0, 0.1) is 19.8 Å². The number of methoxy groups -OCH3 is 1. The van der Waals surface area contributed by atoms with Gasteiger partial charge in [0.05, 0.1) is 13.0 Å². The topological polar surface area (TPSA) is 58.6 Å². The van der Waals surface area contributed by atoms with Crippen LogP contribution in [-0.2, 0) is 11.3 Å². The van der Waals surface area contributed by atoms with Gasteiger partial charge in [-0.25, -0.2) is 0 Å². The molecule has 0 aliphatic carbocycles. The van der Waals surface area contributed by atoms with Gasteiger partial charge in [-0.15, -0.1) is 0 Å². The minimum Gasteiger partial charge on any atom is -0.496 e. The van der Waals surface area contributed by atoms with Crippen molar-refractivity contribution in [3.8, 4) is 5.75 Å². The standard InChI is InChI=1S/C14H21NO3/c1-9-5-12(13(18-4)6-10(9)2)8-15-7-11(3)14(16)17/h5-6,11,15H,7-8H2,1-4H3,(H,16,17). The Morgan fingerprint density at radius 3 is 2.56 bits per heavy atom. The Morgan fingerprint density at radius 2 is 2.00 bits per heavy atom. The maximum absolute atomic E-state index is 10.7. The predicted molar refractivity (Wildman–Crippen MR) is 71.0 cm³/mol. The summed E-state index contributed by atoms with van der Waals surface area (Å²) in [5.41, 5.74) is 3.45. The van der Waals surface area contributed by atoms with E-state index >= 15 is 0 Å². The first kappa shape index (κ1) is 14.5. The maximum Gasteiger partial charge on any atom is 0.307 e. The molecule has 4 nitrogen and oxygen atoms in total. The molecule has 0 amide bonds. The summed E-state index contributed by atoms with van der Waals surface area (Å²) < 4.78 is 5.33. The molecule has 0 spiro atoms. The van der Waals surface area contributed by atoms with Crippen molar-refractivity contribution in [1.82, 2.24) is 5.32 Å². The van der Waals surface area contributed by atoms with E-state index in [4.69, 9.17) is 9.84 Å². The van der Waals surface area contributed by atoms with E-state index in [-0.39, 0.29) is 5.92 Å². The van der Waals surface area contributed by atoms with Crippen LogP contribution in [0.3, 0.4) is 0 Å². The van der Waals surface area contributed by atoms with Crippen LogP contribution in [0.25, 0.3) is 0 Å². The molecule has 1 unspecified atom stereocenters. The van der Waals surface area contributed by atoms with Crippen LogP contribution >= 0.6 is 0 Å². The van der Waals surface area contributed by atoms with Crippen molar-refractivity contribution in [2.24, 2.45) is 5.92 Å². The van der Waals surface area contributed by atoms with E-state index in [9.17, 15) is 4.79 Å². The van der Waals surface area contributed by atoms with E-state index in [1.807, 2.05) is 13.0 Å². The fraction of sp³-hybridized carbons (Fsp3) is 0.500. The average Bonchev–Trinajstić information content (AvgIpc) is 2.32. The molecule has 0 fully saturated rings. The van der Waals surface area contributed by atoms with Crippen LogP contribution in [-0.4, -0.2) is 24.7 Å². The summed E-state index contributed by atoms with van der Waals surface area (Å²) in [5, 5.41) is 11.9. The highest BCUT2D eigenvalue weighted by molar-refractivity contribution is 5.69. The van der Waals surface area contributed by atoms with Gasteiger partial charge in [-0.1, -0.05) is 13.0 Å². The number of hydrogen-bond donors (Lipinski definition) is 2. The van der Waals surface area contributed by atoms with Crippen LogP contribution in [0.5, 0.6) is 5.75 Å². The number of ether oxygens (including phenoxy) is 1. The Labute approximate surface area is 108 Å². The van der Waals surface area contributed by atoms with Gasteiger partial charge in [-0.2, -0.15) is 0 Å². The number of aryl methyl sites for hydroxylation is 2. The fourth-order valence-corrected chi connectivity index (χ4v) is 1.69. The van der Waals surface area contributed by atoms with Gasteiger partial charge in [0, 0.05) is 18.7 Å². The summed E-state index contributed by atoms with van der Waals surface area (Å²) in [4.78, 5) is 10.7. The van der Waals surface area contributed by atoms with Crippen molar-refractivity contribution in [2.45, 2.75) is 27.3 Å². The smallest absolute Gasteiger partial charge is 0.307 e. The number of rotatable bonds is 6. The summed E-state index contributed by atoms with van der Waals surface area (Å²) in [6.07, 6.45) is 0. The molecule has 18 heavy (non-hydrogen) atoms. The van der Waals surface area contributed by atoms with Crippen molar-refractivity contribution in [1.29, 1.82) is 0 Å². The number of benzene rings is 1. The van der Waals surface area contributed by atoms with Gasteiger partial charge < -0.3 is 15.2 Å². The summed E-state index contributed by atoms with van der Waals surface area (Å²) >= 11 is 0. The molecule has 0 saturated heterocycles. The van der Waals surface area contributed by atoms with Crippen molar-refractivity contribution in [3.63, 3.8) is 0 Å². The molecule has 1 atom stereocenters. The third-order valence-electron chi connectivity index (χ3n) is 3.08. The molecule has 0 saturated carbocycles. The van der Waals surface area contributed by atoms with E-state index < -0.39 is 5.97 Å². The Morgan fingerprint density at radius 1 is 1.39 bits per heavy atom. The Kier molecular flexibility index (Phi) is 5.16. The van der Waals surface area contributed by atoms with Gasteiger partial charge in [-0.05, 0) is 31.0 Å². The Bertz CT molecular complexity index is 429. The van der Waals surface area contributed by atoms with Gasteiger partial charge in [0.2, 0.25) is 0 Å². The first-order valence-electron chi connectivity index (χ1n) is 6.03. The lowest BCUT2D eigenvalue weighted by molar-refractivity contribution is -0.140. The lowest BCUT2D eigenvalue weighted by Crippen LogP contribution is -2.26. The first-order valence-corrected chi connectivity index (χ1v) is 6.03. The summed E-state index contributed by atoms with van der Waals surface area (Å²) in [5.74, 6) is -0.328. The van der Waals surface area contributed by atoms with Gasteiger partial charge in [0.1, 0.15) is 5.75 Å². The van der Waals surface area contributed by atoms with E-state index in [2.05, 4.69) is 18.3 Å². The van der Waals surface area contributed by atoms with Crippen molar-refractivity contribution in [2.75, 3.05) is 13.7 Å². The van der Waals surface area contributed by atoms with Gasteiger partial charge in [-0.3, -0.25) is 4.79 Å². The monoisotopic (exact) mass is 251 g/mol. The normalized spacial score (nSPS) is 12.2. The molecule has 0 aliphatic heterocycles. The SMILES string of the molecule is COc1cc(C)c(C)cc1CNCC(C)C(=O)O. The van der Waals surface area contributed by atoms with Crippen molar-refractivity contribution in [3.05, 3.63) is 28.8 Å². The number of carboxylic acids is 1. The molecule has 100 valence electrons. The van der Waals surface area contributed by atoms with E-state index in [0.717, 1.165) is 11.3 Å². The number of hydrogen-bond acceptors (Lipinski definition) is 3. The van der Waals surface area contributed by atoms with Crippen molar-refractivity contribution < 1.29 is 14.6 Å². The van der Waals surface area contributed by atoms with Gasteiger partial charge in [0.15, 0.2) is 0 Å². The third-order valence-corrected chi connectivity index (χ3v) is 3.08. The molecule has 0 aromatic heterocycles. The highest BCUT2D eigenvalue weighted by Gasteiger charge is 2.11. The lowest BCUT2D eigenvalue weighted by Gasteiger charge is -2.13. The summed E-state index contributed by atoms with van der Waals surface area (Å²) in [6.45, 7) is 6.85. The molecule has 0 radical (unpaired) electrons. The van der Waals surface area contributed by atoms with Crippen molar-refractivity contribution >= 4 is 5.97 Å². The van der Waals surface area contributed by atoms with Crippen LogP contribution in [0.2, 0.25) is 0 Å². The molecule has 0 aliphatic rings. The lowest BCUT2D eigenvalue weighted by atomic mass is 10.0. The molecule has 0 bridgehead atoms. The molecule has 4 heteroatoms. The maximum atomic E-state index is 10.7. The molecule has 2 N–H and O–H groups in total. The van der Waals surface area contributed by atoms with E-state index in [0.29, 0.717) is 13.1 Å². The molecular formula is C14H21NO3. The molecule has 1 aromatic carbocycles. The average molecular weight is 251 g/mol. The predicted octanol–water partition coefficient (Wildman–Crippen LogP) is 2.12. The third kappa shape index (κ3) is 3.74. The zero-order valence-corrected chi connectivity index (χ0v) is 11.4. The fourth-order valence-electron chi connectivity index (χ4n) is 1.69. The minimum absolute atomic E-state index is 0.387. The number of carbonyl (C=O) groups is 1. The minimum atomic E-state index is -0.783. The zero-order chi connectivity index (χ0) is 13.7.